The first-order chi connectivity index (χ1) is 31.2. The van der Waals surface area contributed by atoms with E-state index < -0.39 is 6.04 Å². The van der Waals surface area contributed by atoms with E-state index in [0.29, 0.717) is 28.2 Å². The molecular formula is C58H60N3OPt-. The summed E-state index contributed by atoms with van der Waals surface area (Å²) in [6.45, 7) is 26.1. The summed E-state index contributed by atoms with van der Waals surface area (Å²) in [6.07, 6.45) is 1.61. The van der Waals surface area contributed by atoms with Gasteiger partial charge in [-0.15, -0.1) is 29.3 Å². The first-order valence-electron chi connectivity index (χ1n) is 24.0. The average Bonchev–Trinajstić information content (AvgIpc) is 3.66. The number of hydrogen-bond donors (Lipinski definition) is 1. The first-order valence-corrected chi connectivity index (χ1v) is 21.5. The van der Waals surface area contributed by atoms with Crippen LogP contribution in [0.2, 0.25) is 0 Å². The van der Waals surface area contributed by atoms with E-state index in [1.54, 1.807) is 18.3 Å². The Morgan fingerprint density at radius 2 is 1.19 bits per heavy atom. The van der Waals surface area contributed by atoms with E-state index in [4.69, 9.17) is 16.8 Å². The Kier molecular flexibility index (Phi) is 10.4. The second-order valence-corrected chi connectivity index (χ2v) is 20.6. The fourth-order valence-electron chi connectivity index (χ4n) is 7.95. The molecule has 6 aromatic carbocycles. The summed E-state index contributed by atoms with van der Waals surface area (Å²) in [6, 6.07) is 37.2. The molecule has 0 radical (unpaired) electrons. The van der Waals surface area contributed by atoms with Gasteiger partial charge in [0, 0.05) is 44.2 Å². The number of hydrogen-bond acceptors (Lipinski definition) is 3. The van der Waals surface area contributed by atoms with Gasteiger partial charge in [0.2, 0.25) is 0 Å². The van der Waals surface area contributed by atoms with Crippen molar-refractivity contribution in [2.75, 3.05) is 0 Å². The Morgan fingerprint density at radius 1 is 0.556 bits per heavy atom. The van der Waals surface area contributed by atoms with Crippen molar-refractivity contribution in [2.24, 2.45) is 0 Å². The van der Waals surface area contributed by atoms with Crippen molar-refractivity contribution >= 4 is 11.0 Å². The zero-order chi connectivity index (χ0) is 48.7. The molecule has 8 aromatic rings. The van der Waals surface area contributed by atoms with E-state index in [2.05, 4.69) is 173 Å². The molecule has 0 aliphatic rings. The van der Waals surface area contributed by atoms with Gasteiger partial charge in [-0.3, -0.25) is 9.55 Å². The molecule has 0 aliphatic carbocycles. The van der Waals surface area contributed by atoms with E-state index in [1.807, 2.05) is 12.1 Å². The van der Waals surface area contributed by atoms with E-state index >= 15 is 0 Å². The van der Waals surface area contributed by atoms with Crippen molar-refractivity contribution in [3.05, 3.63) is 168 Å². The summed E-state index contributed by atoms with van der Waals surface area (Å²) in [5, 5.41) is 12.5. The number of rotatable bonds is 6. The molecule has 0 saturated heterocycles. The number of imidazole rings is 1. The zero-order valence-electron chi connectivity index (χ0n) is 43.5. The van der Waals surface area contributed by atoms with Gasteiger partial charge in [0.05, 0.1) is 23.5 Å². The molecule has 8 rings (SSSR count). The minimum absolute atomic E-state index is 0. The van der Waals surface area contributed by atoms with Gasteiger partial charge in [-0.25, -0.2) is 4.98 Å². The average molecular weight is 1020 g/mol. The molecular weight excluding hydrogens is 950 g/mol. The van der Waals surface area contributed by atoms with Gasteiger partial charge in [-0.1, -0.05) is 185 Å². The molecule has 2 heterocycles. The summed E-state index contributed by atoms with van der Waals surface area (Å²) < 4.78 is 44.4. The molecule has 1 N–H and O–H groups in total. The number of para-hydroxylation sites is 1. The summed E-state index contributed by atoms with van der Waals surface area (Å²) in [4.78, 5) is 10.4. The first kappa shape index (κ1) is 39.1. The minimum Gasteiger partial charge on any atom is -0.507 e. The van der Waals surface area contributed by atoms with Crippen LogP contribution in [0.25, 0.3) is 72.7 Å². The fourth-order valence-corrected chi connectivity index (χ4v) is 7.95. The molecule has 0 fully saturated rings. The Hall–Kier alpha value is -5.57. The smallest absolute Gasteiger partial charge is 0.148 e. The van der Waals surface area contributed by atoms with Crippen molar-refractivity contribution in [1.29, 1.82) is 0 Å². The van der Waals surface area contributed by atoms with Gasteiger partial charge < -0.3 is 5.11 Å². The second-order valence-electron chi connectivity index (χ2n) is 20.6. The topological polar surface area (TPSA) is 50.9 Å². The van der Waals surface area contributed by atoms with Crippen LogP contribution in [0.3, 0.4) is 0 Å². The molecule has 0 atom stereocenters. The van der Waals surface area contributed by atoms with Crippen molar-refractivity contribution in [1.82, 2.24) is 14.5 Å². The predicted octanol–water partition coefficient (Wildman–Crippen LogP) is 15.4. The minimum atomic E-state index is -0.436. The molecule has 0 aliphatic heterocycles. The number of phenolic OH excluding ortho intramolecular Hbond substituents is 1. The number of fused-ring (bicyclic) bond motifs is 1. The summed E-state index contributed by atoms with van der Waals surface area (Å²) in [7, 11) is 0. The fraction of sp³-hybridized carbons (Fsp3) is 0.276. The Morgan fingerprint density at radius 3 is 1.84 bits per heavy atom. The number of nitrogens with zero attached hydrogens (tertiary/aromatic N) is 3. The van der Waals surface area contributed by atoms with Crippen molar-refractivity contribution in [3.63, 3.8) is 0 Å². The quantitative estimate of drug-likeness (QED) is 0.169. The third-order valence-electron chi connectivity index (χ3n) is 11.7. The number of phenols is 1. The summed E-state index contributed by atoms with van der Waals surface area (Å²) >= 11 is 0. The van der Waals surface area contributed by atoms with Crippen LogP contribution in [0, 0.1) is 6.07 Å². The molecule has 0 bridgehead atoms. The SMILES string of the molecule is [2H]c1c([2H])c([2H])c(-c2ccnc(-c3[c-]c(-c4cccc5c4nc(-c4cc(C(C)(C)C)cc(C(C)(C)C)c4O)n5-c4cc(-c5ccccc5)cc(C(C)(C)C)c4)cc(C(C)(C)C)c3)c2)c([2H])c1[2H].[Pt]. The molecule has 63 heavy (non-hydrogen) atoms. The van der Waals surface area contributed by atoms with Crippen LogP contribution in [0.1, 0.15) is 112 Å². The molecule has 0 spiro atoms. The van der Waals surface area contributed by atoms with Gasteiger partial charge in [0.1, 0.15) is 11.6 Å². The van der Waals surface area contributed by atoms with E-state index in [1.165, 1.54) is 0 Å². The molecule has 0 saturated carbocycles. The van der Waals surface area contributed by atoms with Crippen LogP contribution >= 0.6 is 0 Å². The third kappa shape index (κ3) is 9.25. The number of benzene rings is 6. The second kappa shape index (κ2) is 16.9. The van der Waals surface area contributed by atoms with Crippen LogP contribution in [-0.2, 0) is 42.7 Å². The third-order valence-corrected chi connectivity index (χ3v) is 11.7. The molecule has 5 heteroatoms. The Balaban J connectivity index is 0.00000684. The monoisotopic (exact) mass is 1010 g/mol. The van der Waals surface area contributed by atoms with Crippen LogP contribution in [-0.4, -0.2) is 19.6 Å². The summed E-state index contributed by atoms with van der Waals surface area (Å²) in [5.41, 5.74) is 11.8. The number of aromatic hydroxyl groups is 1. The van der Waals surface area contributed by atoms with Gasteiger partial charge in [0.15, 0.2) is 0 Å². The maximum atomic E-state index is 12.5. The maximum Gasteiger partial charge on any atom is 0.148 e. The predicted molar refractivity (Wildman–Crippen MR) is 261 cm³/mol. The van der Waals surface area contributed by atoms with E-state index in [-0.39, 0.29) is 78.2 Å². The number of pyridine rings is 1. The molecule has 4 nitrogen and oxygen atoms in total. The Bertz CT molecular complexity index is 3210. The zero-order valence-corrected chi connectivity index (χ0v) is 40.8. The molecule has 324 valence electrons. The summed E-state index contributed by atoms with van der Waals surface area (Å²) in [5.74, 6) is 0.810. The van der Waals surface area contributed by atoms with Gasteiger partial charge in [-0.05, 0) is 85.4 Å². The van der Waals surface area contributed by atoms with Crippen molar-refractivity contribution < 1.29 is 33.0 Å². The van der Waals surface area contributed by atoms with E-state index in [0.717, 1.165) is 61.2 Å². The van der Waals surface area contributed by atoms with Crippen LogP contribution in [0.4, 0.5) is 0 Å². The molecule has 0 amide bonds. The van der Waals surface area contributed by atoms with Crippen molar-refractivity contribution in [2.45, 2.75) is 105 Å². The van der Waals surface area contributed by atoms with Crippen LogP contribution in [0.5, 0.6) is 5.75 Å². The largest absolute Gasteiger partial charge is 0.507 e. The van der Waals surface area contributed by atoms with Gasteiger partial charge >= 0.3 is 0 Å². The van der Waals surface area contributed by atoms with Gasteiger partial charge in [0.25, 0.3) is 0 Å². The maximum absolute atomic E-state index is 12.5. The Labute approximate surface area is 396 Å². The molecule has 0 unspecified atom stereocenters. The normalized spacial score (nSPS) is 13.5. The standard InChI is InChI=1S/C58H60N3O.Pt/c1-55(2,3)43-30-41(28-42(31-43)50-33-39(26-27-59-50)37-20-15-13-16-21-37)47-24-19-25-51-52(47)60-54(48-35-45(57(7,8)9)36-49(53(48)62)58(10,11)12)61(51)46-32-40(38-22-17-14-18-23-38)29-44(34-46)56(4,5)6;/h13-27,29-36,62H,1-12H3;/q-1;/i13D,15D,16D,20D,21D;. The van der Waals surface area contributed by atoms with E-state index in [9.17, 15) is 5.11 Å². The van der Waals surface area contributed by atoms with Crippen molar-refractivity contribution in [3.8, 4) is 67.5 Å². The van der Waals surface area contributed by atoms with Gasteiger partial charge in [-0.2, -0.15) is 0 Å². The number of aromatic nitrogens is 3. The molecule has 2 aromatic heterocycles. The van der Waals surface area contributed by atoms with Crippen LogP contribution in [0.15, 0.2) is 140 Å². The van der Waals surface area contributed by atoms with Crippen LogP contribution < -0.4 is 0 Å².